The Hall–Kier alpha value is 0.150. The van der Waals surface area contributed by atoms with Crippen LogP contribution in [0.2, 0.25) is 10.0 Å². The van der Waals surface area contributed by atoms with Gasteiger partial charge in [0.15, 0.2) is 0 Å². The third kappa shape index (κ3) is 2.05. The van der Waals surface area contributed by atoms with Crippen LogP contribution in [-0.2, 0) is 0 Å². The maximum Gasteiger partial charge on any atom is 0.0635 e. The van der Waals surface area contributed by atoms with E-state index in [1.807, 2.05) is 19.1 Å². The first-order chi connectivity index (χ1) is 5.13. The van der Waals surface area contributed by atoms with Gasteiger partial charge in [0.05, 0.1) is 10.0 Å². The fraction of sp³-hybridized carbons (Fsp3) is 0.250. The van der Waals surface area contributed by atoms with Crippen LogP contribution in [0.1, 0.15) is 17.7 Å². The Balaban J connectivity index is 3.17. The van der Waals surface area contributed by atoms with E-state index in [-0.39, 0.29) is 5.25 Å². The minimum atomic E-state index is 0.126. The van der Waals surface area contributed by atoms with Gasteiger partial charge in [-0.25, -0.2) is 0 Å². The summed E-state index contributed by atoms with van der Waals surface area (Å²) in [6.07, 6.45) is 0. The van der Waals surface area contributed by atoms with Crippen LogP contribution in [0, 0.1) is 0 Å². The van der Waals surface area contributed by atoms with E-state index in [9.17, 15) is 0 Å². The Morgan fingerprint density at radius 1 is 1.36 bits per heavy atom. The molecule has 0 bridgehead atoms. The van der Waals surface area contributed by atoms with Crippen molar-refractivity contribution in [3.63, 3.8) is 0 Å². The Morgan fingerprint density at radius 2 is 2.00 bits per heavy atom. The second-order valence-corrected chi connectivity index (χ2v) is 3.88. The van der Waals surface area contributed by atoms with Crippen LogP contribution in [0.3, 0.4) is 0 Å². The molecule has 0 saturated heterocycles. The third-order valence-electron chi connectivity index (χ3n) is 1.43. The molecule has 1 unspecified atom stereocenters. The molecule has 1 rings (SSSR count). The summed E-state index contributed by atoms with van der Waals surface area (Å²) < 4.78 is 0. The summed E-state index contributed by atoms with van der Waals surface area (Å²) in [5.74, 6) is 0. The first kappa shape index (κ1) is 9.24. The van der Waals surface area contributed by atoms with Gasteiger partial charge in [-0.05, 0) is 18.6 Å². The van der Waals surface area contributed by atoms with Crippen molar-refractivity contribution in [1.82, 2.24) is 0 Å². The van der Waals surface area contributed by atoms with Gasteiger partial charge in [-0.2, -0.15) is 12.6 Å². The van der Waals surface area contributed by atoms with Gasteiger partial charge < -0.3 is 0 Å². The third-order valence-corrected chi connectivity index (χ3v) is 2.54. The lowest BCUT2D eigenvalue weighted by molar-refractivity contribution is 1.11. The molecule has 0 aromatic heterocycles. The highest BCUT2D eigenvalue weighted by Crippen LogP contribution is 2.31. The van der Waals surface area contributed by atoms with E-state index >= 15 is 0 Å². The van der Waals surface area contributed by atoms with E-state index in [1.54, 1.807) is 6.07 Å². The standard InChI is InChI=1S/C8H8Cl2S/c1-5(11)6-3-2-4-7(9)8(6)10/h2-5,11H,1H3. The van der Waals surface area contributed by atoms with Gasteiger partial charge in [-0.1, -0.05) is 35.3 Å². The Kier molecular flexibility index (Phi) is 3.11. The molecule has 0 aliphatic rings. The van der Waals surface area contributed by atoms with E-state index < -0.39 is 0 Å². The number of hydrogen-bond acceptors (Lipinski definition) is 1. The van der Waals surface area contributed by atoms with Gasteiger partial charge in [0, 0.05) is 5.25 Å². The lowest BCUT2D eigenvalue weighted by atomic mass is 10.2. The summed E-state index contributed by atoms with van der Waals surface area (Å²) in [6, 6.07) is 5.56. The predicted molar refractivity (Wildman–Crippen MR) is 53.9 cm³/mol. The van der Waals surface area contributed by atoms with Crippen molar-refractivity contribution in [2.75, 3.05) is 0 Å². The van der Waals surface area contributed by atoms with E-state index in [0.29, 0.717) is 10.0 Å². The summed E-state index contributed by atoms with van der Waals surface area (Å²) in [4.78, 5) is 0. The molecule has 11 heavy (non-hydrogen) atoms. The predicted octanol–water partition coefficient (Wildman–Crippen LogP) is 3.98. The quantitative estimate of drug-likeness (QED) is 0.661. The molecule has 0 saturated carbocycles. The molecule has 0 heterocycles. The fourth-order valence-corrected chi connectivity index (χ4v) is 1.61. The summed E-state index contributed by atoms with van der Waals surface area (Å²) in [5, 5.41) is 1.32. The highest BCUT2D eigenvalue weighted by Gasteiger charge is 2.07. The molecule has 0 aliphatic carbocycles. The van der Waals surface area contributed by atoms with Crippen molar-refractivity contribution < 1.29 is 0 Å². The van der Waals surface area contributed by atoms with E-state index in [4.69, 9.17) is 23.2 Å². The maximum absolute atomic E-state index is 5.91. The van der Waals surface area contributed by atoms with Crippen molar-refractivity contribution in [2.24, 2.45) is 0 Å². The molecule has 0 radical (unpaired) electrons. The molecule has 0 nitrogen and oxygen atoms in total. The van der Waals surface area contributed by atoms with Gasteiger partial charge in [0.1, 0.15) is 0 Å². The normalized spacial score (nSPS) is 13.1. The molecule has 1 aromatic rings. The van der Waals surface area contributed by atoms with Gasteiger partial charge in [-0.15, -0.1) is 0 Å². The molecular weight excluding hydrogens is 199 g/mol. The van der Waals surface area contributed by atoms with Crippen LogP contribution in [0.5, 0.6) is 0 Å². The molecule has 0 aliphatic heterocycles. The first-order valence-electron chi connectivity index (χ1n) is 3.25. The topological polar surface area (TPSA) is 0 Å². The maximum atomic E-state index is 5.91. The fourth-order valence-electron chi connectivity index (χ4n) is 0.843. The van der Waals surface area contributed by atoms with Crippen LogP contribution >= 0.6 is 35.8 Å². The molecule has 60 valence electrons. The first-order valence-corrected chi connectivity index (χ1v) is 4.52. The van der Waals surface area contributed by atoms with Crippen molar-refractivity contribution in [3.05, 3.63) is 33.8 Å². The van der Waals surface area contributed by atoms with Gasteiger partial charge in [0.2, 0.25) is 0 Å². The molecule has 3 heteroatoms. The average molecular weight is 207 g/mol. The largest absolute Gasteiger partial charge is 0.171 e. The zero-order valence-corrected chi connectivity index (χ0v) is 8.42. The minimum absolute atomic E-state index is 0.126. The summed E-state index contributed by atoms with van der Waals surface area (Å²) in [7, 11) is 0. The van der Waals surface area contributed by atoms with E-state index in [1.165, 1.54) is 0 Å². The van der Waals surface area contributed by atoms with Crippen molar-refractivity contribution in [2.45, 2.75) is 12.2 Å². The van der Waals surface area contributed by atoms with Crippen LogP contribution in [0.25, 0.3) is 0 Å². The Bertz CT molecular complexity index is 258. The molecule has 1 atom stereocenters. The Morgan fingerprint density at radius 3 is 2.45 bits per heavy atom. The molecule has 0 N–H and O–H groups in total. The number of rotatable bonds is 1. The highest BCUT2D eigenvalue weighted by atomic mass is 35.5. The van der Waals surface area contributed by atoms with E-state index in [0.717, 1.165) is 5.56 Å². The second-order valence-electron chi connectivity index (χ2n) is 2.32. The molecular formula is C8H8Cl2S. The van der Waals surface area contributed by atoms with Crippen LogP contribution in [-0.4, -0.2) is 0 Å². The number of hydrogen-bond donors (Lipinski definition) is 1. The molecule has 1 aromatic carbocycles. The van der Waals surface area contributed by atoms with Crippen LogP contribution in [0.4, 0.5) is 0 Å². The number of benzene rings is 1. The van der Waals surface area contributed by atoms with Crippen molar-refractivity contribution in [1.29, 1.82) is 0 Å². The molecule has 0 fully saturated rings. The second kappa shape index (κ2) is 3.70. The SMILES string of the molecule is CC(S)c1cccc(Cl)c1Cl. The lowest BCUT2D eigenvalue weighted by Gasteiger charge is -2.07. The highest BCUT2D eigenvalue weighted by molar-refractivity contribution is 7.80. The molecule has 0 amide bonds. The van der Waals surface area contributed by atoms with Gasteiger partial charge >= 0.3 is 0 Å². The smallest absolute Gasteiger partial charge is 0.0635 e. The molecule has 0 spiro atoms. The van der Waals surface area contributed by atoms with E-state index in [2.05, 4.69) is 12.6 Å². The number of thiol groups is 1. The monoisotopic (exact) mass is 206 g/mol. The zero-order chi connectivity index (χ0) is 8.43. The lowest BCUT2D eigenvalue weighted by Crippen LogP contribution is -1.85. The van der Waals surface area contributed by atoms with Gasteiger partial charge in [-0.3, -0.25) is 0 Å². The van der Waals surface area contributed by atoms with Crippen LogP contribution < -0.4 is 0 Å². The van der Waals surface area contributed by atoms with Crippen molar-refractivity contribution in [3.8, 4) is 0 Å². The van der Waals surface area contributed by atoms with Crippen molar-refractivity contribution >= 4 is 35.8 Å². The summed E-state index contributed by atoms with van der Waals surface area (Å²) >= 11 is 16.0. The number of halogens is 2. The zero-order valence-electron chi connectivity index (χ0n) is 6.01. The average Bonchev–Trinajstić information content (AvgIpc) is 1.94. The Labute approximate surface area is 81.9 Å². The van der Waals surface area contributed by atoms with Gasteiger partial charge in [0.25, 0.3) is 0 Å². The van der Waals surface area contributed by atoms with Crippen LogP contribution in [0.15, 0.2) is 18.2 Å². The summed E-state index contributed by atoms with van der Waals surface area (Å²) in [5.41, 5.74) is 0.975. The summed E-state index contributed by atoms with van der Waals surface area (Å²) in [6.45, 7) is 1.96. The minimum Gasteiger partial charge on any atom is -0.171 e.